The molecule has 2 heterocycles. The van der Waals surface area contributed by atoms with Gasteiger partial charge in [0.25, 0.3) is 0 Å². The molecule has 0 saturated heterocycles. The first-order valence-electron chi connectivity index (χ1n) is 8.41. The van der Waals surface area contributed by atoms with Crippen LogP contribution in [0.4, 0.5) is 17.3 Å². The van der Waals surface area contributed by atoms with Crippen molar-refractivity contribution in [1.29, 1.82) is 0 Å². The third-order valence-corrected chi connectivity index (χ3v) is 4.05. The van der Waals surface area contributed by atoms with Crippen LogP contribution in [0.15, 0.2) is 41.0 Å². The summed E-state index contributed by atoms with van der Waals surface area (Å²) in [7, 11) is 0. The molecular formula is C18H23N7O2. The standard InChI is InChI=1S/C18H23N7O2/c19-8-12(5-13-7-16(20)24-18(25-22)17(13)21)10-23-9-11-1-2-14-15(6-11)27-4-3-26-14/h1-2,6-8,10H,3-5,9,19,21-22H2,(H3,20,24,25). The molecule has 0 amide bonds. The molecule has 1 aliphatic rings. The Morgan fingerprint density at radius 3 is 2.70 bits per heavy atom. The predicted molar refractivity (Wildman–Crippen MR) is 106 cm³/mol. The fourth-order valence-electron chi connectivity index (χ4n) is 2.71. The zero-order valence-electron chi connectivity index (χ0n) is 14.8. The van der Waals surface area contributed by atoms with Crippen molar-refractivity contribution >= 4 is 23.5 Å². The third-order valence-electron chi connectivity index (χ3n) is 4.05. The number of nitrogens with zero attached hydrogens (tertiary/aromatic N) is 2. The van der Waals surface area contributed by atoms with Crippen molar-refractivity contribution in [1.82, 2.24) is 4.98 Å². The lowest BCUT2D eigenvalue weighted by Gasteiger charge is -2.18. The summed E-state index contributed by atoms with van der Waals surface area (Å²) in [4.78, 5) is 8.49. The van der Waals surface area contributed by atoms with Crippen LogP contribution < -0.4 is 37.9 Å². The first-order valence-corrected chi connectivity index (χ1v) is 8.41. The van der Waals surface area contributed by atoms with Crippen LogP contribution in [0, 0.1) is 0 Å². The summed E-state index contributed by atoms with van der Waals surface area (Å²) in [6.45, 7) is 1.60. The summed E-state index contributed by atoms with van der Waals surface area (Å²) in [6, 6.07) is 7.46. The lowest BCUT2D eigenvalue weighted by molar-refractivity contribution is 0.171. The molecule has 2 aromatic rings. The summed E-state index contributed by atoms with van der Waals surface area (Å²) in [5, 5.41) is 0. The van der Waals surface area contributed by atoms with E-state index in [0.717, 1.165) is 28.2 Å². The lowest BCUT2D eigenvalue weighted by atomic mass is 10.1. The zero-order chi connectivity index (χ0) is 19.2. The fraction of sp³-hybridized carbons (Fsp3) is 0.222. The summed E-state index contributed by atoms with van der Waals surface area (Å²) in [5.74, 6) is 7.55. The van der Waals surface area contributed by atoms with Crippen LogP contribution in [0.5, 0.6) is 11.5 Å². The average Bonchev–Trinajstić information content (AvgIpc) is 2.69. The Kier molecular flexibility index (Phi) is 5.62. The second kappa shape index (κ2) is 8.28. The number of nitrogens with two attached hydrogens (primary N) is 4. The van der Waals surface area contributed by atoms with E-state index in [1.54, 1.807) is 12.3 Å². The van der Waals surface area contributed by atoms with Crippen LogP contribution in [-0.2, 0) is 13.0 Å². The first kappa shape index (κ1) is 18.3. The van der Waals surface area contributed by atoms with Gasteiger partial charge in [0, 0.05) is 12.6 Å². The minimum Gasteiger partial charge on any atom is -0.486 e. The number of nitrogen functional groups attached to an aromatic ring is 3. The largest absolute Gasteiger partial charge is 0.486 e. The molecule has 0 aliphatic carbocycles. The van der Waals surface area contributed by atoms with Gasteiger partial charge in [-0.05, 0) is 41.1 Å². The van der Waals surface area contributed by atoms with E-state index in [-0.39, 0.29) is 0 Å². The highest BCUT2D eigenvalue weighted by Gasteiger charge is 2.12. The van der Waals surface area contributed by atoms with Crippen molar-refractivity contribution in [3.8, 4) is 11.5 Å². The molecule has 142 valence electrons. The second-order valence-electron chi connectivity index (χ2n) is 5.98. The Balaban J connectivity index is 1.68. The Morgan fingerprint density at radius 1 is 1.19 bits per heavy atom. The van der Waals surface area contributed by atoms with Crippen LogP contribution in [0.1, 0.15) is 11.1 Å². The van der Waals surface area contributed by atoms with Gasteiger partial charge in [-0.2, -0.15) is 0 Å². The number of hydrogen-bond donors (Lipinski definition) is 5. The van der Waals surface area contributed by atoms with Crippen molar-refractivity contribution in [2.45, 2.75) is 13.0 Å². The maximum Gasteiger partial charge on any atom is 0.165 e. The van der Waals surface area contributed by atoms with Gasteiger partial charge in [-0.25, -0.2) is 10.8 Å². The Bertz CT molecular complexity index is 880. The van der Waals surface area contributed by atoms with E-state index in [4.69, 9.17) is 32.5 Å². The van der Waals surface area contributed by atoms with E-state index >= 15 is 0 Å². The number of pyridine rings is 1. The molecule has 9 heteroatoms. The topological polar surface area (TPSA) is 160 Å². The van der Waals surface area contributed by atoms with Gasteiger partial charge in [-0.3, -0.25) is 4.99 Å². The van der Waals surface area contributed by atoms with E-state index in [1.807, 2.05) is 18.2 Å². The number of hydrogen-bond acceptors (Lipinski definition) is 9. The monoisotopic (exact) mass is 369 g/mol. The number of aliphatic imine (C=N–C) groups is 1. The van der Waals surface area contributed by atoms with Crippen LogP contribution in [-0.4, -0.2) is 24.4 Å². The quantitative estimate of drug-likeness (QED) is 0.286. The van der Waals surface area contributed by atoms with Gasteiger partial charge in [-0.15, -0.1) is 0 Å². The molecule has 0 fully saturated rings. The number of benzene rings is 1. The third kappa shape index (κ3) is 4.39. The Labute approximate surface area is 157 Å². The lowest BCUT2D eigenvalue weighted by Crippen LogP contribution is -2.15. The highest BCUT2D eigenvalue weighted by atomic mass is 16.6. The number of anilines is 3. The van der Waals surface area contributed by atoms with Gasteiger partial charge >= 0.3 is 0 Å². The van der Waals surface area contributed by atoms with Gasteiger partial charge in [-0.1, -0.05) is 6.07 Å². The summed E-state index contributed by atoms with van der Waals surface area (Å²) in [6.07, 6.45) is 3.65. The normalized spacial score (nSPS) is 13.7. The molecule has 1 aromatic carbocycles. The van der Waals surface area contributed by atoms with Crippen molar-refractivity contribution in [2.75, 3.05) is 30.1 Å². The molecule has 9 N–H and O–H groups in total. The van der Waals surface area contributed by atoms with Crippen molar-refractivity contribution < 1.29 is 9.47 Å². The van der Waals surface area contributed by atoms with E-state index in [9.17, 15) is 0 Å². The van der Waals surface area contributed by atoms with Crippen LogP contribution >= 0.6 is 0 Å². The minimum absolute atomic E-state index is 0.316. The van der Waals surface area contributed by atoms with Crippen molar-refractivity contribution in [2.24, 2.45) is 16.6 Å². The molecule has 3 rings (SSSR count). The number of nitrogens with one attached hydrogen (secondary N) is 1. The number of ether oxygens (including phenoxy) is 2. The van der Waals surface area contributed by atoms with Crippen molar-refractivity contribution in [3.63, 3.8) is 0 Å². The summed E-state index contributed by atoms with van der Waals surface area (Å²) >= 11 is 0. The van der Waals surface area contributed by atoms with Gasteiger partial charge in [0.05, 0.1) is 12.2 Å². The molecule has 27 heavy (non-hydrogen) atoms. The number of fused-ring (bicyclic) bond motifs is 1. The summed E-state index contributed by atoms with van der Waals surface area (Å²) in [5.41, 5.74) is 23.0. The van der Waals surface area contributed by atoms with Gasteiger partial charge in [0.2, 0.25) is 0 Å². The van der Waals surface area contributed by atoms with E-state index < -0.39 is 0 Å². The van der Waals surface area contributed by atoms with E-state index in [0.29, 0.717) is 43.5 Å². The van der Waals surface area contributed by atoms with Crippen LogP contribution in [0.3, 0.4) is 0 Å². The molecule has 1 aliphatic heterocycles. The molecule has 0 unspecified atom stereocenters. The maximum absolute atomic E-state index is 6.05. The first-order chi connectivity index (χ1) is 13.1. The Hall–Kier alpha value is -3.46. The van der Waals surface area contributed by atoms with E-state index in [2.05, 4.69) is 15.4 Å². The van der Waals surface area contributed by atoms with Crippen LogP contribution in [0.25, 0.3) is 0 Å². The number of hydrazine groups is 1. The smallest absolute Gasteiger partial charge is 0.165 e. The second-order valence-corrected chi connectivity index (χ2v) is 5.98. The molecular weight excluding hydrogens is 346 g/mol. The van der Waals surface area contributed by atoms with Crippen molar-refractivity contribution in [3.05, 3.63) is 47.2 Å². The maximum atomic E-state index is 6.05. The Morgan fingerprint density at radius 2 is 1.96 bits per heavy atom. The number of rotatable bonds is 6. The van der Waals surface area contributed by atoms with E-state index in [1.165, 1.54) is 6.20 Å². The number of allylic oxidation sites excluding steroid dienone is 1. The SMILES string of the molecule is NC=C(C=NCc1ccc2c(c1)OCCO2)Cc1cc(N)nc(NN)c1N. The average molecular weight is 369 g/mol. The van der Waals surface area contributed by atoms with Gasteiger partial charge in [0.15, 0.2) is 17.3 Å². The predicted octanol–water partition coefficient (Wildman–Crippen LogP) is 0.959. The fourth-order valence-corrected chi connectivity index (χ4v) is 2.71. The van der Waals surface area contributed by atoms with Crippen LogP contribution in [0.2, 0.25) is 0 Å². The molecule has 0 atom stereocenters. The van der Waals surface area contributed by atoms with Gasteiger partial charge in [0.1, 0.15) is 19.0 Å². The van der Waals surface area contributed by atoms with Gasteiger partial charge < -0.3 is 32.1 Å². The molecule has 0 saturated carbocycles. The zero-order valence-corrected chi connectivity index (χ0v) is 14.8. The molecule has 1 aromatic heterocycles. The highest BCUT2D eigenvalue weighted by Crippen LogP contribution is 2.31. The highest BCUT2D eigenvalue weighted by molar-refractivity contribution is 5.80. The molecule has 0 bridgehead atoms. The molecule has 0 radical (unpaired) electrons. The minimum atomic E-state index is 0.316. The molecule has 0 spiro atoms. The summed E-state index contributed by atoms with van der Waals surface area (Å²) < 4.78 is 11.1. The number of aromatic nitrogens is 1. The molecule has 9 nitrogen and oxygen atoms in total.